The fraction of sp³-hybridized carbons (Fsp3) is 0.923. The second kappa shape index (κ2) is 17.0. The number of ether oxygens (including phenoxy) is 8. The van der Waals surface area contributed by atoms with E-state index in [1.807, 2.05) is 0 Å². The van der Waals surface area contributed by atoms with Gasteiger partial charge in [0.15, 0.2) is 48.4 Å². The number of carbonyl (C=O) groups excluding carboxylic acids is 1. The Kier molecular flexibility index (Phi) is 14.0. The van der Waals surface area contributed by atoms with Gasteiger partial charge in [0.05, 0.1) is 18.3 Å². The van der Waals surface area contributed by atoms with Gasteiger partial charge in [0.25, 0.3) is 0 Å². The van der Waals surface area contributed by atoms with Crippen molar-refractivity contribution in [1.29, 1.82) is 0 Å². The fourth-order valence-electron chi connectivity index (χ4n) is 6.00. The number of carbonyl (C=O) groups is 2. The van der Waals surface area contributed by atoms with Gasteiger partial charge in [-0.3, -0.25) is 4.79 Å². The monoisotopic (exact) mass is 754 g/mol. The van der Waals surface area contributed by atoms with Crippen LogP contribution in [-0.4, -0.2) is 189 Å². The van der Waals surface area contributed by atoms with Crippen molar-refractivity contribution >= 4 is 23.0 Å². The molecule has 290 valence electrons. The minimum Gasteiger partial charge on any atom is -0.479 e. The molecule has 21 atom stereocenters. The molecule has 4 heterocycles. The Balaban J connectivity index is 1.75. The van der Waals surface area contributed by atoms with Crippen LogP contribution in [0.4, 0.5) is 0 Å². The van der Waals surface area contributed by atoms with E-state index in [9.17, 15) is 59.8 Å². The molecule has 0 amide bonds. The molecule has 50 heavy (non-hydrogen) atoms. The molecule has 4 fully saturated rings. The maximum Gasteiger partial charge on any atom is 0.335 e. The molecule has 0 radical (unpaired) electrons. The molecule has 0 spiro atoms. The topological polar surface area (TPSA) is 346 Å². The third-order valence-electron chi connectivity index (χ3n) is 8.61. The van der Waals surface area contributed by atoms with Crippen LogP contribution in [0.3, 0.4) is 0 Å². The maximum absolute atomic E-state index is 12.4. The van der Waals surface area contributed by atoms with Gasteiger partial charge in [0.2, 0.25) is 0 Å². The van der Waals surface area contributed by atoms with E-state index in [1.54, 1.807) is 0 Å². The number of carboxylic acids is 1. The van der Waals surface area contributed by atoms with Crippen molar-refractivity contribution < 1.29 is 112 Å². The molecule has 24 heteroatoms. The minimum absolute atomic E-state index is 0.919. The van der Waals surface area contributed by atoms with E-state index in [0.29, 0.717) is 0 Å². The summed E-state index contributed by atoms with van der Waals surface area (Å²) in [4.78, 5) is 24.0. The van der Waals surface area contributed by atoms with Gasteiger partial charge in [0, 0.05) is 6.92 Å². The smallest absolute Gasteiger partial charge is 0.335 e. The van der Waals surface area contributed by atoms with Gasteiger partial charge in [-0.1, -0.05) is 5.04 Å². The highest BCUT2D eigenvalue weighted by Crippen LogP contribution is 2.37. The van der Waals surface area contributed by atoms with Gasteiger partial charge in [0.1, 0.15) is 66.3 Å². The lowest BCUT2D eigenvalue weighted by atomic mass is 9.95. The third-order valence-corrected chi connectivity index (χ3v) is 9.91. The Bertz CT molecular complexity index is 1170. The number of rotatable bonds is 11. The molecule has 9 unspecified atom stereocenters. The number of aliphatic hydroxyl groups is 8. The SMILES string of the molecule is CC(=O)O[C@@H]1C(C)O[C@@H](O[C@@H]2C(O)[C@H](O)OC(C)[C@H]2O)C(O[C@H]2OC(C(=O)O)[C@@H](O)[C@@H](O)C2O)[C@H]1O[C@@H]1OC(C)[C@@H](S(=O)OOO)[C@H](O)C1O. The lowest BCUT2D eigenvalue weighted by molar-refractivity contribution is -0.435. The van der Waals surface area contributed by atoms with Crippen molar-refractivity contribution in [3.63, 3.8) is 0 Å². The van der Waals surface area contributed by atoms with Gasteiger partial charge in [-0.05, 0) is 20.8 Å². The molecule has 4 aliphatic rings. The van der Waals surface area contributed by atoms with E-state index >= 15 is 0 Å². The molecule has 23 nitrogen and oxygen atoms in total. The number of carboxylic acid groups (broad SMARTS) is 1. The molecule has 4 aliphatic heterocycles. The normalized spacial score (nSPS) is 49.2. The van der Waals surface area contributed by atoms with Gasteiger partial charge < -0.3 is 83.9 Å². The number of aliphatic carboxylic acids is 1. The van der Waals surface area contributed by atoms with Crippen LogP contribution in [0.1, 0.15) is 27.7 Å². The van der Waals surface area contributed by atoms with Gasteiger partial charge in [-0.25, -0.2) is 14.3 Å². The first kappa shape index (κ1) is 41.1. The maximum atomic E-state index is 12.4. The fourth-order valence-corrected chi connectivity index (χ4v) is 6.92. The summed E-state index contributed by atoms with van der Waals surface area (Å²) in [5.74, 6) is -2.69. The number of hydrogen-bond acceptors (Lipinski definition) is 22. The Morgan fingerprint density at radius 1 is 0.600 bits per heavy atom. The van der Waals surface area contributed by atoms with Crippen molar-refractivity contribution in [1.82, 2.24) is 0 Å². The van der Waals surface area contributed by atoms with Gasteiger partial charge in [-0.2, -0.15) is 0 Å². The first-order chi connectivity index (χ1) is 23.4. The Morgan fingerprint density at radius 2 is 1.16 bits per heavy atom. The van der Waals surface area contributed by atoms with Crippen LogP contribution in [0.15, 0.2) is 0 Å². The second-order valence-corrected chi connectivity index (χ2v) is 13.3. The van der Waals surface area contributed by atoms with Crippen LogP contribution in [0, 0.1) is 0 Å². The highest BCUT2D eigenvalue weighted by Gasteiger charge is 2.57. The first-order valence-corrected chi connectivity index (χ1v) is 16.3. The summed E-state index contributed by atoms with van der Waals surface area (Å²) in [5.41, 5.74) is 0. The van der Waals surface area contributed by atoms with Gasteiger partial charge in [-0.15, -0.1) is 4.33 Å². The second-order valence-electron chi connectivity index (χ2n) is 12.1. The van der Waals surface area contributed by atoms with E-state index in [-0.39, 0.29) is 0 Å². The Morgan fingerprint density at radius 3 is 1.76 bits per heavy atom. The summed E-state index contributed by atoms with van der Waals surface area (Å²) in [7, 11) is 0. The van der Waals surface area contributed by atoms with E-state index < -0.39 is 145 Å². The van der Waals surface area contributed by atoms with E-state index in [4.69, 9.17) is 43.2 Å². The molecule has 4 rings (SSSR count). The van der Waals surface area contributed by atoms with E-state index in [1.165, 1.54) is 20.8 Å². The van der Waals surface area contributed by atoms with Crippen molar-refractivity contribution in [2.45, 2.75) is 150 Å². The molecule has 0 aromatic rings. The predicted octanol–water partition coefficient (Wildman–Crippen LogP) is -5.91. The molecular formula is C26H42O23S. The number of aliphatic hydroxyl groups excluding tert-OH is 8. The predicted molar refractivity (Wildman–Crippen MR) is 150 cm³/mol. The summed E-state index contributed by atoms with van der Waals surface area (Å²) in [6, 6.07) is 0. The van der Waals surface area contributed by atoms with Crippen LogP contribution in [0.2, 0.25) is 0 Å². The molecule has 0 aromatic heterocycles. The van der Waals surface area contributed by atoms with Crippen LogP contribution >= 0.6 is 0 Å². The minimum atomic E-state index is -2.59. The van der Waals surface area contributed by atoms with Gasteiger partial charge >= 0.3 is 11.9 Å². The molecule has 0 aliphatic carbocycles. The van der Waals surface area contributed by atoms with Crippen LogP contribution in [0.5, 0.6) is 0 Å². The molecule has 0 bridgehead atoms. The lowest BCUT2D eigenvalue weighted by Crippen LogP contribution is -2.68. The summed E-state index contributed by atoms with van der Waals surface area (Å²) in [6.45, 7) is 4.97. The summed E-state index contributed by atoms with van der Waals surface area (Å²) in [6.07, 6.45) is -34.7. The van der Waals surface area contributed by atoms with Crippen LogP contribution in [-0.2, 0) is 67.9 Å². The average Bonchev–Trinajstić information content (AvgIpc) is 3.03. The molecule has 0 aromatic carbocycles. The highest BCUT2D eigenvalue weighted by molar-refractivity contribution is 7.80. The third kappa shape index (κ3) is 8.60. The summed E-state index contributed by atoms with van der Waals surface area (Å²) >= 11 is -2.59. The molecule has 10 N–H and O–H groups in total. The van der Waals surface area contributed by atoms with Crippen molar-refractivity contribution in [3.8, 4) is 0 Å². The van der Waals surface area contributed by atoms with Crippen LogP contribution < -0.4 is 0 Å². The van der Waals surface area contributed by atoms with Crippen molar-refractivity contribution in [2.24, 2.45) is 0 Å². The molecule has 0 saturated carbocycles. The average molecular weight is 755 g/mol. The van der Waals surface area contributed by atoms with Crippen LogP contribution in [0.25, 0.3) is 0 Å². The largest absolute Gasteiger partial charge is 0.479 e. The molecule has 4 saturated heterocycles. The quantitative estimate of drug-likeness (QED) is 0.0533. The van der Waals surface area contributed by atoms with Crippen molar-refractivity contribution in [3.05, 3.63) is 0 Å². The summed E-state index contributed by atoms with van der Waals surface area (Å²) in [5, 5.41) is 105. The Labute approximate surface area is 285 Å². The summed E-state index contributed by atoms with van der Waals surface area (Å²) < 4.78 is 61.5. The zero-order valence-electron chi connectivity index (χ0n) is 26.7. The standard InChI is InChI=1S/C26H42O23S/c1-5-9(28)17(15(34)23(37)40-5)44-26-20(47-25-13(32)10(29)11(30)18(45-25)22(35)36)19(16(6(2)41-26)43-8(4)27)46-24-14(33)12(31)21(7(3)42-24)50(39)49-48-38/h5-7,9-21,23-26,28-34,37-38H,1-4H3,(H,35,36)/t5?,6?,7?,9-,10-,11+,12-,13?,14?,15?,16-,17+,18?,19+,20?,21-,23-,24+,25-,26+,50?/m1/s1. The lowest BCUT2D eigenvalue weighted by Gasteiger charge is -2.50. The number of esters is 1. The van der Waals surface area contributed by atoms with E-state index in [2.05, 4.69) is 9.37 Å². The zero-order valence-corrected chi connectivity index (χ0v) is 27.6. The van der Waals surface area contributed by atoms with E-state index in [0.717, 1.165) is 6.92 Å². The zero-order chi connectivity index (χ0) is 37.4. The highest BCUT2D eigenvalue weighted by atomic mass is 32.2. The van der Waals surface area contributed by atoms with Crippen molar-refractivity contribution in [2.75, 3.05) is 0 Å². The molecular weight excluding hydrogens is 712 g/mol. The first-order valence-electron chi connectivity index (χ1n) is 15.2. The number of hydrogen-bond donors (Lipinski definition) is 10. The Hall–Kier alpha value is -1.63.